The highest BCUT2D eigenvalue weighted by Crippen LogP contribution is 2.01. The van der Waals surface area contributed by atoms with Crippen molar-refractivity contribution in [3.05, 3.63) is 17.5 Å². The van der Waals surface area contributed by atoms with Crippen molar-refractivity contribution in [1.82, 2.24) is 10.2 Å². The average molecular weight is 120 g/mol. The van der Waals surface area contributed by atoms with Crippen LogP contribution >= 0.6 is 0 Å². The molecule has 2 heteroatoms. The summed E-state index contributed by atoms with van der Waals surface area (Å²) in [7, 11) is 0. The van der Waals surface area contributed by atoms with Crippen molar-refractivity contribution in [3.8, 4) is 12.3 Å². The van der Waals surface area contributed by atoms with Crippen LogP contribution in [0.3, 0.4) is 0 Å². The van der Waals surface area contributed by atoms with Gasteiger partial charge in [0.1, 0.15) is 5.69 Å². The molecule has 1 N–H and O–H groups in total. The van der Waals surface area contributed by atoms with E-state index in [9.17, 15) is 0 Å². The van der Waals surface area contributed by atoms with E-state index < -0.39 is 0 Å². The van der Waals surface area contributed by atoms with Crippen molar-refractivity contribution < 1.29 is 0 Å². The normalized spacial score (nSPS) is 8.89. The lowest BCUT2D eigenvalue weighted by Gasteiger charge is -1.85. The third-order valence-corrected chi connectivity index (χ3v) is 1.24. The summed E-state index contributed by atoms with van der Waals surface area (Å²) in [5.41, 5.74) is 1.91. The first-order chi connectivity index (χ1) is 4.38. The van der Waals surface area contributed by atoms with Crippen LogP contribution in [0.4, 0.5) is 0 Å². The second kappa shape index (κ2) is 2.36. The molecule has 0 radical (unpaired) electrons. The van der Waals surface area contributed by atoms with E-state index in [1.165, 1.54) is 0 Å². The summed E-state index contributed by atoms with van der Waals surface area (Å²) >= 11 is 0. The number of hydrogen-bond donors (Lipinski definition) is 1. The maximum atomic E-state index is 5.15. The molecule has 1 aromatic rings. The SMILES string of the molecule is C#Cc1[nH]ncc1CC. The van der Waals surface area contributed by atoms with Gasteiger partial charge in [-0.3, -0.25) is 5.10 Å². The fourth-order valence-electron chi connectivity index (χ4n) is 0.704. The van der Waals surface area contributed by atoms with Gasteiger partial charge in [0, 0.05) is 5.56 Å². The van der Waals surface area contributed by atoms with Gasteiger partial charge in [-0.25, -0.2) is 0 Å². The minimum absolute atomic E-state index is 0.803. The van der Waals surface area contributed by atoms with E-state index in [2.05, 4.69) is 16.1 Å². The van der Waals surface area contributed by atoms with E-state index in [0.29, 0.717) is 0 Å². The molecular formula is C7H8N2. The number of aromatic amines is 1. The van der Waals surface area contributed by atoms with Gasteiger partial charge < -0.3 is 0 Å². The van der Waals surface area contributed by atoms with Crippen LogP contribution in [0.25, 0.3) is 0 Å². The van der Waals surface area contributed by atoms with Crippen LogP contribution in [0.15, 0.2) is 6.20 Å². The molecule has 1 aromatic heterocycles. The molecule has 0 aliphatic heterocycles. The lowest BCUT2D eigenvalue weighted by molar-refractivity contribution is 1.08. The largest absolute Gasteiger partial charge is 0.270 e. The average Bonchev–Trinajstić information content (AvgIpc) is 2.33. The monoisotopic (exact) mass is 120 g/mol. The van der Waals surface area contributed by atoms with Crippen molar-refractivity contribution in [1.29, 1.82) is 0 Å². The number of aromatic nitrogens is 2. The van der Waals surface area contributed by atoms with Gasteiger partial charge in [-0.1, -0.05) is 12.8 Å². The molecule has 0 atom stereocenters. The molecule has 9 heavy (non-hydrogen) atoms. The van der Waals surface area contributed by atoms with Gasteiger partial charge in [-0.15, -0.1) is 6.42 Å². The Morgan fingerprint density at radius 2 is 2.67 bits per heavy atom. The molecule has 0 aliphatic rings. The number of rotatable bonds is 1. The van der Waals surface area contributed by atoms with Crippen LogP contribution in [0.2, 0.25) is 0 Å². The lowest BCUT2D eigenvalue weighted by Crippen LogP contribution is -1.80. The fourth-order valence-corrected chi connectivity index (χ4v) is 0.704. The lowest BCUT2D eigenvalue weighted by atomic mass is 10.2. The molecule has 0 aliphatic carbocycles. The molecule has 0 unspecified atom stereocenters. The quantitative estimate of drug-likeness (QED) is 0.549. The van der Waals surface area contributed by atoms with E-state index in [1.807, 2.05) is 6.92 Å². The number of H-pyrrole nitrogens is 1. The molecule has 0 spiro atoms. The van der Waals surface area contributed by atoms with Crippen molar-refractivity contribution in [3.63, 3.8) is 0 Å². The molecule has 0 saturated carbocycles. The van der Waals surface area contributed by atoms with Crippen LogP contribution in [0.5, 0.6) is 0 Å². The van der Waals surface area contributed by atoms with Gasteiger partial charge in [-0.05, 0) is 6.42 Å². The molecule has 0 aromatic carbocycles. The Labute approximate surface area is 54.3 Å². The first-order valence-electron chi connectivity index (χ1n) is 2.87. The third-order valence-electron chi connectivity index (χ3n) is 1.24. The Hall–Kier alpha value is -1.23. The van der Waals surface area contributed by atoms with Crippen LogP contribution in [0.1, 0.15) is 18.2 Å². The topological polar surface area (TPSA) is 28.7 Å². The molecule has 0 bridgehead atoms. The molecule has 1 heterocycles. The number of nitrogens with one attached hydrogen (secondary N) is 1. The molecule has 2 nitrogen and oxygen atoms in total. The third kappa shape index (κ3) is 0.945. The van der Waals surface area contributed by atoms with Crippen molar-refractivity contribution in [2.24, 2.45) is 0 Å². The number of hydrogen-bond acceptors (Lipinski definition) is 1. The van der Waals surface area contributed by atoms with Gasteiger partial charge in [0.2, 0.25) is 0 Å². The van der Waals surface area contributed by atoms with E-state index in [1.54, 1.807) is 6.20 Å². The molecule has 0 fully saturated rings. The Balaban J connectivity index is 3.02. The second-order valence-electron chi connectivity index (χ2n) is 1.77. The fraction of sp³-hybridized carbons (Fsp3) is 0.286. The maximum absolute atomic E-state index is 5.15. The highest BCUT2D eigenvalue weighted by atomic mass is 15.1. The van der Waals surface area contributed by atoms with Crippen LogP contribution < -0.4 is 0 Å². The highest BCUT2D eigenvalue weighted by molar-refractivity contribution is 5.31. The Morgan fingerprint density at radius 1 is 1.89 bits per heavy atom. The van der Waals surface area contributed by atoms with E-state index in [0.717, 1.165) is 17.7 Å². The number of terminal acetylenes is 1. The first kappa shape index (κ1) is 5.90. The van der Waals surface area contributed by atoms with E-state index in [4.69, 9.17) is 6.42 Å². The summed E-state index contributed by atoms with van der Waals surface area (Å²) in [6.45, 7) is 2.05. The Morgan fingerprint density at radius 3 is 3.11 bits per heavy atom. The molecular weight excluding hydrogens is 112 g/mol. The van der Waals surface area contributed by atoms with Crippen molar-refractivity contribution in [2.75, 3.05) is 0 Å². The number of nitrogens with zero attached hydrogens (tertiary/aromatic N) is 1. The van der Waals surface area contributed by atoms with Crippen molar-refractivity contribution in [2.45, 2.75) is 13.3 Å². The van der Waals surface area contributed by atoms with E-state index >= 15 is 0 Å². The zero-order chi connectivity index (χ0) is 6.69. The smallest absolute Gasteiger partial charge is 0.110 e. The zero-order valence-electron chi connectivity index (χ0n) is 5.31. The summed E-state index contributed by atoms with van der Waals surface area (Å²) < 4.78 is 0. The summed E-state index contributed by atoms with van der Waals surface area (Å²) in [5, 5.41) is 6.52. The summed E-state index contributed by atoms with van der Waals surface area (Å²) in [5.74, 6) is 2.51. The van der Waals surface area contributed by atoms with E-state index in [-0.39, 0.29) is 0 Å². The minimum atomic E-state index is 0.803. The van der Waals surface area contributed by atoms with Crippen LogP contribution in [-0.2, 0) is 6.42 Å². The summed E-state index contributed by atoms with van der Waals surface area (Å²) in [6.07, 6.45) is 7.85. The highest BCUT2D eigenvalue weighted by Gasteiger charge is 1.96. The summed E-state index contributed by atoms with van der Waals surface area (Å²) in [4.78, 5) is 0. The maximum Gasteiger partial charge on any atom is 0.110 e. The molecule has 1 rings (SSSR count). The van der Waals surface area contributed by atoms with Gasteiger partial charge in [-0.2, -0.15) is 5.10 Å². The molecule has 0 amide bonds. The Kier molecular flexibility index (Phi) is 1.55. The molecule has 46 valence electrons. The molecule has 0 saturated heterocycles. The standard InChI is InChI=1S/C7H8N2/c1-3-6-5-8-9-7(6)4-2/h2,5H,3H2,1H3,(H,8,9). The summed E-state index contributed by atoms with van der Waals surface area (Å²) in [6, 6.07) is 0. The first-order valence-corrected chi connectivity index (χ1v) is 2.87. The van der Waals surface area contributed by atoms with Crippen LogP contribution in [-0.4, -0.2) is 10.2 Å². The van der Waals surface area contributed by atoms with Gasteiger partial charge in [0.25, 0.3) is 0 Å². The minimum Gasteiger partial charge on any atom is -0.270 e. The van der Waals surface area contributed by atoms with Crippen LogP contribution in [0, 0.1) is 12.3 Å². The second-order valence-corrected chi connectivity index (χ2v) is 1.77. The van der Waals surface area contributed by atoms with Gasteiger partial charge >= 0.3 is 0 Å². The zero-order valence-corrected chi connectivity index (χ0v) is 5.31. The predicted octanol–water partition coefficient (Wildman–Crippen LogP) is 0.953. The van der Waals surface area contributed by atoms with Crippen molar-refractivity contribution >= 4 is 0 Å². The number of aryl methyl sites for hydroxylation is 1. The van der Waals surface area contributed by atoms with Gasteiger partial charge in [0.05, 0.1) is 6.20 Å². The Bertz CT molecular complexity index is 229. The predicted molar refractivity (Wildman–Crippen MR) is 35.9 cm³/mol. The van der Waals surface area contributed by atoms with Gasteiger partial charge in [0.15, 0.2) is 0 Å².